The van der Waals surface area contributed by atoms with Crippen LogP contribution in [-0.4, -0.2) is 23.7 Å². The topological polar surface area (TPSA) is 72.5 Å². The Morgan fingerprint density at radius 3 is 2.42 bits per heavy atom. The molecule has 1 aromatic rings. The molecule has 0 aromatic heterocycles. The number of carboxylic acid groups (broad SMARTS) is 1. The minimum Gasteiger partial charge on any atom is -0.494 e. The third kappa shape index (κ3) is 4.91. The van der Waals surface area contributed by atoms with E-state index in [9.17, 15) is 4.79 Å². The smallest absolute Gasteiger partial charge is 0.304 e. The second kappa shape index (κ2) is 7.79. The van der Waals surface area contributed by atoms with Crippen LogP contribution in [0.3, 0.4) is 0 Å². The van der Waals surface area contributed by atoms with E-state index in [1.807, 2.05) is 31.2 Å². The molecule has 4 heteroatoms. The predicted molar refractivity (Wildman–Crippen MR) is 75.5 cm³/mol. The molecule has 0 saturated heterocycles. The Hall–Kier alpha value is -1.55. The molecule has 2 unspecified atom stereocenters. The van der Waals surface area contributed by atoms with Gasteiger partial charge in [0.1, 0.15) is 5.75 Å². The average Bonchev–Trinajstić information content (AvgIpc) is 2.42. The standard InChI is InChI=1S/C15H23NO3/c1-3-9-19-12-7-5-11(6-8-12)13(10-15(17)18)14(16)4-2/h5-8,13-14H,3-4,9-10,16H2,1-2H3,(H,17,18). The summed E-state index contributed by atoms with van der Waals surface area (Å²) in [4.78, 5) is 10.9. The quantitative estimate of drug-likeness (QED) is 0.758. The summed E-state index contributed by atoms with van der Waals surface area (Å²) in [5, 5.41) is 8.98. The van der Waals surface area contributed by atoms with Gasteiger partial charge in [0.05, 0.1) is 13.0 Å². The number of nitrogens with two attached hydrogens (primary N) is 1. The van der Waals surface area contributed by atoms with Gasteiger partial charge in [-0.15, -0.1) is 0 Å². The molecule has 0 bridgehead atoms. The first-order valence-corrected chi connectivity index (χ1v) is 6.78. The van der Waals surface area contributed by atoms with Crippen LogP contribution < -0.4 is 10.5 Å². The summed E-state index contributed by atoms with van der Waals surface area (Å²) in [6.45, 7) is 4.71. The number of aliphatic carboxylic acids is 1. The van der Waals surface area contributed by atoms with Crippen LogP contribution in [0.1, 0.15) is 44.6 Å². The van der Waals surface area contributed by atoms with Crippen molar-refractivity contribution in [2.75, 3.05) is 6.61 Å². The van der Waals surface area contributed by atoms with E-state index in [0.717, 1.165) is 24.2 Å². The largest absolute Gasteiger partial charge is 0.494 e. The lowest BCUT2D eigenvalue weighted by Gasteiger charge is -2.22. The SMILES string of the molecule is CCCOc1ccc(C(CC(=O)O)C(N)CC)cc1. The van der Waals surface area contributed by atoms with Crippen molar-refractivity contribution in [2.45, 2.75) is 45.1 Å². The van der Waals surface area contributed by atoms with E-state index < -0.39 is 5.97 Å². The first-order chi connectivity index (χ1) is 9.08. The zero-order valence-electron chi connectivity index (χ0n) is 11.6. The Kier molecular flexibility index (Phi) is 6.36. The van der Waals surface area contributed by atoms with Gasteiger partial charge in [-0.3, -0.25) is 4.79 Å². The van der Waals surface area contributed by atoms with E-state index >= 15 is 0 Å². The summed E-state index contributed by atoms with van der Waals surface area (Å²) in [6.07, 6.45) is 1.78. The van der Waals surface area contributed by atoms with Gasteiger partial charge in [-0.1, -0.05) is 26.0 Å². The first-order valence-electron chi connectivity index (χ1n) is 6.78. The van der Waals surface area contributed by atoms with Crippen LogP contribution in [0.15, 0.2) is 24.3 Å². The fraction of sp³-hybridized carbons (Fsp3) is 0.533. The van der Waals surface area contributed by atoms with Crippen molar-refractivity contribution in [1.82, 2.24) is 0 Å². The lowest BCUT2D eigenvalue weighted by Crippen LogP contribution is -2.29. The van der Waals surface area contributed by atoms with E-state index in [0.29, 0.717) is 6.61 Å². The maximum absolute atomic E-state index is 10.9. The van der Waals surface area contributed by atoms with Crippen molar-refractivity contribution in [2.24, 2.45) is 5.73 Å². The summed E-state index contributed by atoms with van der Waals surface area (Å²) in [5.74, 6) is -0.160. The molecule has 2 atom stereocenters. The molecular weight excluding hydrogens is 242 g/mol. The number of carboxylic acids is 1. The summed E-state index contributed by atoms with van der Waals surface area (Å²) < 4.78 is 5.51. The van der Waals surface area contributed by atoms with Crippen molar-refractivity contribution in [1.29, 1.82) is 0 Å². The third-order valence-corrected chi connectivity index (χ3v) is 3.16. The fourth-order valence-corrected chi connectivity index (χ4v) is 2.02. The van der Waals surface area contributed by atoms with Gasteiger partial charge in [-0.2, -0.15) is 0 Å². The highest BCUT2D eigenvalue weighted by molar-refractivity contribution is 5.68. The minimum absolute atomic E-state index is 0.0597. The highest BCUT2D eigenvalue weighted by atomic mass is 16.5. The second-order valence-electron chi connectivity index (χ2n) is 4.69. The molecule has 1 aromatic carbocycles. The number of hydrogen-bond donors (Lipinski definition) is 2. The van der Waals surface area contributed by atoms with E-state index in [4.69, 9.17) is 15.6 Å². The summed E-state index contributed by atoms with van der Waals surface area (Å²) in [5.41, 5.74) is 6.98. The highest BCUT2D eigenvalue weighted by Crippen LogP contribution is 2.26. The molecule has 0 spiro atoms. The van der Waals surface area contributed by atoms with E-state index in [1.54, 1.807) is 0 Å². The van der Waals surface area contributed by atoms with Gasteiger partial charge in [0.25, 0.3) is 0 Å². The third-order valence-electron chi connectivity index (χ3n) is 3.16. The molecule has 3 N–H and O–H groups in total. The van der Waals surface area contributed by atoms with Crippen molar-refractivity contribution >= 4 is 5.97 Å². The average molecular weight is 265 g/mol. The number of benzene rings is 1. The Morgan fingerprint density at radius 1 is 1.32 bits per heavy atom. The number of carbonyl (C=O) groups is 1. The molecule has 0 amide bonds. The van der Waals surface area contributed by atoms with Crippen LogP contribution in [0.25, 0.3) is 0 Å². The maximum atomic E-state index is 10.9. The van der Waals surface area contributed by atoms with Crippen LogP contribution in [0.5, 0.6) is 5.75 Å². The molecule has 0 aliphatic heterocycles. The van der Waals surface area contributed by atoms with Crippen molar-refractivity contribution in [3.8, 4) is 5.75 Å². The normalized spacial score (nSPS) is 13.8. The summed E-state index contributed by atoms with van der Waals surface area (Å²) in [7, 11) is 0. The molecule has 0 fully saturated rings. The van der Waals surface area contributed by atoms with E-state index in [1.165, 1.54) is 0 Å². The number of ether oxygens (including phenoxy) is 1. The molecule has 19 heavy (non-hydrogen) atoms. The molecule has 4 nitrogen and oxygen atoms in total. The van der Waals surface area contributed by atoms with Gasteiger partial charge in [0, 0.05) is 12.0 Å². The molecule has 0 aliphatic carbocycles. The summed E-state index contributed by atoms with van der Waals surface area (Å²) in [6, 6.07) is 7.44. The molecular formula is C15H23NO3. The van der Waals surface area contributed by atoms with Crippen molar-refractivity contribution in [3.63, 3.8) is 0 Å². The van der Waals surface area contributed by atoms with Crippen LogP contribution in [0.2, 0.25) is 0 Å². The van der Waals surface area contributed by atoms with Gasteiger partial charge in [0.15, 0.2) is 0 Å². The van der Waals surface area contributed by atoms with Crippen LogP contribution >= 0.6 is 0 Å². The zero-order chi connectivity index (χ0) is 14.3. The van der Waals surface area contributed by atoms with E-state index in [2.05, 4.69) is 6.92 Å². The Balaban J connectivity index is 2.81. The molecule has 106 valence electrons. The highest BCUT2D eigenvalue weighted by Gasteiger charge is 2.21. The zero-order valence-corrected chi connectivity index (χ0v) is 11.6. The Labute approximate surface area is 114 Å². The lowest BCUT2D eigenvalue weighted by molar-refractivity contribution is -0.137. The fourth-order valence-electron chi connectivity index (χ4n) is 2.02. The lowest BCUT2D eigenvalue weighted by atomic mass is 9.87. The van der Waals surface area contributed by atoms with Gasteiger partial charge in [-0.25, -0.2) is 0 Å². The van der Waals surface area contributed by atoms with Crippen LogP contribution in [-0.2, 0) is 4.79 Å². The van der Waals surface area contributed by atoms with E-state index in [-0.39, 0.29) is 18.4 Å². The van der Waals surface area contributed by atoms with Crippen LogP contribution in [0.4, 0.5) is 0 Å². The number of rotatable bonds is 8. The summed E-state index contributed by atoms with van der Waals surface area (Å²) >= 11 is 0. The predicted octanol–water partition coefficient (Wildman–Crippen LogP) is 2.77. The second-order valence-corrected chi connectivity index (χ2v) is 4.69. The molecule has 0 saturated carbocycles. The number of hydrogen-bond acceptors (Lipinski definition) is 3. The molecule has 1 rings (SSSR count). The Bertz CT molecular complexity index is 389. The van der Waals surface area contributed by atoms with Gasteiger partial charge >= 0.3 is 5.97 Å². The molecule has 0 aliphatic rings. The van der Waals surface area contributed by atoms with Gasteiger partial charge in [-0.05, 0) is 30.5 Å². The maximum Gasteiger partial charge on any atom is 0.304 e. The van der Waals surface area contributed by atoms with Crippen molar-refractivity contribution in [3.05, 3.63) is 29.8 Å². The van der Waals surface area contributed by atoms with Crippen molar-refractivity contribution < 1.29 is 14.6 Å². The van der Waals surface area contributed by atoms with Gasteiger partial charge < -0.3 is 15.6 Å². The minimum atomic E-state index is -0.819. The van der Waals surface area contributed by atoms with Gasteiger partial charge in [0.2, 0.25) is 0 Å². The Morgan fingerprint density at radius 2 is 1.95 bits per heavy atom. The molecule has 0 radical (unpaired) electrons. The first kappa shape index (κ1) is 15.5. The van der Waals surface area contributed by atoms with Crippen LogP contribution in [0, 0.1) is 0 Å². The monoisotopic (exact) mass is 265 g/mol. The molecule has 0 heterocycles.